The molecule has 112 valence electrons. The molecule has 1 atom stereocenters. The minimum absolute atomic E-state index is 0.0418. The maximum Gasteiger partial charge on any atom is 0.304 e. The Bertz CT molecular complexity index is 652. The zero-order chi connectivity index (χ0) is 15.6. The molecule has 5 nitrogen and oxygen atoms in total. The quantitative estimate of drug-likeness (QED) is 0.679. The molecule has 21 heavy (non-hydrogen) atoms. The van der Waals surface area contributed by atoms with E-state index in [1.165, 1.54) is 12.1 Å². The third-order valence-electron chi connectivity index (χ3n) is 3.45. The van der Waals surface area contributed by atoms with Gasteiger partial charge in [0, 0.05) is 31.0 Å². The Hall–Kier alpha value is -2.21. The molecule has 0 aliphatic rings. The van der Waals surface area contributed by atoms with Crippen LogP contribution in [0.2, 0.25) is 0 Å². The van der Waals surface area contributed by atoms with Gasteiger partial charge >= 0.3 is 5.69 Å². The highest BCUT2D eigenvalue weighted by atomic mass is 19.1. The molecule has 0 amide bonds. The number of nitrogens with two attached hydrogens (primary N) is 1. The monoisotopic (exact) mass is 291 g/mol. The van der Waals surface area contributed by atoms with Crippen molar-refractivity contribution in [2.75, 3.05) is 0 Å². The van der Waals surface area contributed by atoms with Gasteiger partial charge in [0.2, 0.25) is 5.82 Å². The SMILES string of the molecule is CC(C)C(N)c1ccn(Cc2ccc([N+](=O)[O-])c(F)c2)c1. The minimum Gasteiger partial charge on any atom is -0.350 e. The Balaban J connectivity index is 2.15. The van der Waals surface area contributed by atoms with Gasteiger partial charge in [0.25, 0.3) is 0 Å². The Labute approximate surface area is 122 Å². The summed E-state index contributed by atoms with van der Waals surface area (Å²) in [4.78, 5) is 9.85. The fourth-order valence-corrected chi connectivity index (χ4v) is 2.15. The lowest BCUT2D eigenvalue weighted by Crippen LogP contribution is -2.15. The van der Waals surface area contributed by atoms with Crippen molar-refractivity contribution in [1.29, 1.82) is 0 Å². The van der Waals surface area contributed by atoms with Crippen molar-refractivity contribution in [3.8, 4) is 0 Å². The van der Waals surface area contributed by atoms with Crippen LogP contribution in [0, 0.1) is 21.8 Å². The van der Waals surface area contributed by atoms with Crippen molar-refractivity contribution in [2.24, 2.45) is 11.7 Å². The lowest BCUT2D eigenvalue weighted by atomic mass is 10.00. The average Bonchev–Trinajstić information content (AvgIpc) is 2.85. The number of halogens is 1. The van der Waals surface area contributed by atoms with Crippen molar-refractivity contribution in [3.63, 3.8) is 0 Å². The summed E-state index contributed by atoms with van der Waals surface area (Å²) in [6.45, 7) is 4.54. The molecule has 0 aliphatic heterocycles. The minimum atomic E-state index is -0.816. The number of nitro groups is 1. The van der Waals surface area contributed by atoms with Gasteiger partial charge in [-0.2, -0.15) is 4.39 Å². The van der Waals surface area contributed by atoms with Crippen LogP contribution in [0.15, 0.2) is 36.7 Å². The van der Waals surface area contributed by atoms with Crippen LogP contribution in [0.1, 0.15) is 31.0 Å². The largest absolute Gasteiger partial charge is 0.350 e. The van der Waals surface area contributed by atoms with Crippen molar-refractivity contribution in [2.45, 2.75) is 26.4 Å². The van der Waals surface area contributed by atoms with E-state index < -0.39 is 16.4 Å². The van der Waals surface area contributed by atoms with Crippen molar-refractivity contribution < 1.29 is 9.31 Å². The molecule has 0 saturated heterocycles. The van der Waals surface area contributed by atoms with Gasteiger partial charge in [0.05, 0.1) is 4.92 Å². The first kappa shape index (κ1) is 15.2. The second kappa shape index (κ2) is 6.05. The molecule has 1 aromatic carbocycles. The van der Waals surface area contributed by atoms with Crippen LogP contribution in [-0.2, 0) is 6.54 Å². The van der Waals surface area contributed by atoms with Crippen LogP contribution in [0.5, 0.6) is 0 Å². The highest BCUT2D eigenvalue weighted by Crippen LogP contribution is 2.21. The molecule has 0 radical (unpaired) electrons. The Morgan fingerprint density at radius 2 is 2.10 bits per heavy atom. The zero-order valence-electron chi connectivity index (χ0n) is 12.0. The molecule has 1 unspecified atom stereocenters. The van der Waals surface area contributed by atoms with Crippen molar-refractivity contribution >= 4 is 5.69 Å². The summed E-state index contributed by atoms with van der Waals surface area (Å²) in [6.07, 6.45) is 3.79. The fraction of sp³-hybridized carbons (Fsp3) is 0.333. The molecule has 0 fully saturated rings. The smallest absolute Gasteiger partial charge is 0.304 e. The second-order valence-corrected chi connectivity index (χ2v) is 5.43. The number of aromatic nitrogens is 1. The first-order valence-corrected chi connectivity index (χ1v) is 6.72. The predicted octanol–water partition coefficient (Wildman–Crippen LogP) is 3.24. The number of hydrogen-bond acceptors (Lipinski definition) is 3. The Morgan fingerprint density at radius 1 is 1.38 bits per heavy atom. The summed E-state index contributed by atoms with van der Waals surface area (Å²) in [5, 5.41) is 10.6. The molecule has 0 aliphatic carbocycles. The van der Waals surface area contributed by atoms with Gasteiger partial charge in [-0.05, 0) is 29.2 Å². The van der Waals surface area contributed by atoms with E-state index in [0.717, 1.165) is 5.56 Å². The van der Waals surface area contributed by atoms with E-state index in [9.17, 15) is 14.5 Å². The normalized spacial score (nSPS) is 12.6. The molecule has 1 heterocycles. The molecule has 0 bridgehead atoms. The number of rotatable bonds is 5. The molecular weight excluding hydrogens is 273 g/mol. The molecule has 0 saturated carbocycles. The third kappa shape index (κ3) is 3.46. The van der Waals surface area contributed by atoms with Gasteiger partial charge in [-0.25, -0.2) is 0 Å². The maximum absolute atomic E-state index is 13.6. The Kier molecular flexibility index (Phi) is 4.37. The number of nitrogens with zero attached hydrogens (tertiary/aromatic N) is 2. The van der Waals surface area contributed by atoms with Gasteiger partial charge in [0.1, 0.15) is 0 Å². The van der Waals surface area contributed by atoms with Crippen LogP contribution < -0.4 is 5.73 Å². The van der Waals surface area contributed by atoms with Crippen LogP contribution in [0.25, 0.3) is 0 Å². The third-order valence-corrected chi connectivity index (χ3v) is 3.45. The Morgan fingerprint density at radius 3 is 2.67 bits per heavy atom. The summed E-state index contributed by atoms with van der Waals surface area (Å²) < 4.78 is 15.5. The molecule has 2 rings (SSSR count). The topological polar surface area (TPSA) is 74.1 Å². The van der Waals surface area contributed by atoms with E-state index in [1.54, 1.807) is 6.07 Å². The second-order valence-electron chi connectivity index (χ2n) is 5.43. The fourth-order valence-electron chi connectivity index (χ4n) is 2.15. The highest BCUT2D eigenvalue weighted by Gasteiger charge is 2.15. The van der Waals surface area contributed by atoms with Gasteiger partial charge in [0.15, 0.2) is 0 Å². The van der Waals surface area contributed by atoms with E-state index >= 15 is 0 Å². The van der Waals surface area contributed by atoms with Gasteiger partial charge < -0.3 is 10.3 Å². The highest BCUT2D eigenvalue weighted by molar-refractivity contribution is 5.35. The lowest BCUT2D eigenvalue weighted by Gasteiger charge is -2.13. The van der Waals surface area contributed by atoms with Gasteiger partial charge in [-0.1, -0.05) is 19.9 Å². The average molecular weight is 291 g/mol. The molecule has 0 spiro atoms. The predicted molar refractivity (Wildman–Crippen MR) is 78.4 cm³/mol. The maximum atomic E-state index is 13.6. The van der Waals surface area contributed by atoms with Crippen LogP contribution >= 0.6 is 0 Å². The van der Waals surface area contributed by atoms with Crippen LogP contribution in [-0.4, -0.2) is 9.49 Å². The van der Waals surface area contributed by atoms with Crippen LogP contribution in [0.3, 0.4) is 0 Å². The van der Waals surface area contributed by atoms with Crippen molar-refractivity contribution in [3.05, 3.63) is 63.7 Å². The lowest BCUT2D eigenvalue weighted by molar-refractivity contribution is -0.387. The van der Waals surface area contributed by atoms with E-state index in [4.69, 9.17) is 5.73 Å². The molecule has 2 N–H and O–H groups in total. The molecule has 2 aromatic rings. The van der Waals surface area contributed by atoms with Crippen molar-refractivity contribution in [1.82, 2.24) is 4.57 Å². The summed E-state index contributed by atoms with van der Waals surface area (Å²) in [5.74, 6) is -0.485. The summed E-state index contributed by atoms with van der Waals surface area (Å²) in [7, 11) is 0. The van der Waals surface area contributed by atoms with E-state index in [0.29, 0.717) is 18.0 Å². The molecule has 6 heteroatoms. The summed E-state index contributed by atoms with van der Waals surface area (Å²) in [5.41, 5.74) is 7.25. The first-order chi connectivity index (χ1) is 9.88. The molecular formula is C15H18FN3O2. The summed E-state index contributed by atoms with van der Waals surface area (Å²) in [6, 6.07) is 5.84. The first-order valence-electron chi connectivity index (χ1n) is 6.72. The number of benzene rings is 1. The van der Waals surface area contributed by atoms with E-state index in [-0.39, 0.29) is 6.04 Å². The standard InChI is InChI=1S/C15H18FN3O2/c1-10(2)15(17)12-5-6-18(9-12)8-11-3-4-14(19(20)21)13(16)7-11/h3-7,9-10,15H,8,17H2,1-2H3. The van der Waals surface area contributed by atoms with E-state index in [2.05, 4.69) is 0 Å². The summed E-state index contributed by atoms with van der Waals surface area (Å²) >= 11 is 0. The van der Waals surface area contributed by atoms with Gasteiger partial charge in [-0.3, -0.25) is 10.1 Å². The number of hydrogen-bond donors (Lipinski definition) is 1. The van der Waals surface area contributed by atoms with Crippen LogP contribution in [0.4, 0.5) is 10.1 Å². The van der Waals surface area contributed by atoms with E-state index in [1.807, 2.05) is 36.9 Å². The molecule has 1 aromatic heterocycles. The van der Waals surface area contributed by atoms with Gasteiger partial charge in [-0.15, -0.1) is 0 Å². The number of nitro benzene ring substituents is 1. The zero-order valence-corrected chi connectivity index (χ0v) is 12.0.